The number of carbonyl (C=O) groups is 2. The van der Waals surface area contributed by atoms with Crippen LogP contribution in [0.1, 0.15) is 49.7 Å². The van der Waals surface area contributed by atoms with Crippen LogP contribution in [0.15, 0.2) is 18.2 Å². The topological polar surface area (TPSA) is 75.6 Å². The van der Waals surface area contributed by atoms with Crippen molar-refractivity contribution in [2.24, 2.45) is 0 Å². The Morgan fingerprint density at radius 1 is 1.42 bits per heavy atom. The SMILES string of the molecule is CC(OC(=O)NC(C)(C)C)c1cccc(O)c1C=O. The van der Waals surface area contributed by atoms with Gasteiger partial charge in [-0.25, -0.2) is 4.79 Å². The smallest absolute Gasteiger partial charge is 0.408 e. The van der Waals surface area contributed by atoms with Gasteiger partial charge in [-0.15, -0.1) is 0 Å². The Kier molecular flexibility index (Phi) is 4.53. The first kappa shape index (κ1) is 15.0. The Labute approximate surface area is 112 Å². The van der Waals surface area contributed by atoms with Gasteiger partial charge in [0.15, 0.2) is 6.29 Å². The lowest BCUT2D eigenvalue weighted by Gasteiger charge is -2.22. The molecule has 0 fully saturated rings. The minimum atomic E-state index is -0.630. The second kappa shape index (κ2) is 5.73. The van der Waals surface area contributed by atoms with E-state index in [-0.39, 0.29) is 11.3 Å². The third-order valence-corrected chi connectivity index (χ3v) is 2.43. The number of phenols is 1. The zero-order valence-electron chi connectivity index (χ0n) is 11.6. The zero-order chi connectivity index (χ0) is 14.6. The molecule has 5 heteroatoms. The van der Waals surface area contributed by atoms with Crippen molar-refractivity contribution >= 4 is 12.4 Å². The number of nitrogens with one attached hydrogen (secondary N) is 1. The first-order valence-electron chi connectivity index (χ1n) is 6.00. The molecule has 0 aliphatic rings. The van der Waals surface area contributed by atoms with Crippen molar-refractivity contribution in [3.63, 3.8) is 0 Å². The first-order valence-corrected chi connectivity index (χ1v) is 6.00. The van der Waals surface area contributed by atoms with Crippen LogP contribution >= 0.6 is 0 Å². The van der Waals surface area contributed by atoms with Crippen LogP contribution in [0.2, 0.25) is 0 Å². The van der Waals surface area contributed by atoms with E-state index in [1.54, 1.807) is 19.1 Å². The van der Waals surface area contributed by atoms with Crippen LogP contribution in [-0.4, -0.2) is 23.0 Å². The molecule has 1 unspecified atom stereocenters. The van der Waals surface area contributed by atoms with Crippen LogP contribution in [0.4, 0.5) is 4.79 Å². The maximum Gasteiger partial charge on any atom is 0.408 e. The summed E-state index contributed by atoms with van der Waals surface area (Å²) >= 11 is 0. The number of alkyl carbamates (subject to hydrolysis) is 1. The number of amides is 1. The van der Waals surface area contributed by atoms with E-state index in [2.05, 4.69) is 5.32 Å². The summed E-state index contributed by atoms with van der Waals surface area (Å²) in [6.45, 7) is 7.16. The van der Waals surface area contributed by atoms with Gasteiger partial charge in [0.1, 0.15) is 11.9 Å². The number of carbonyl (C=O) groups excluding carboxylic acids is 2. The van der Waals surface area contributed by atoms with E-state index in [0.29, 0.717) is 11.8 Å². The monoisotopic (exact) mass is 265 g/mol. The Balaban J connectivity index is 2.84. The van der Waals surface area contributed by atoms with Crippen molar-refractivity contribution in [1.29, 1.82) is 0 Å². The standard InChI is InChI=1S/C14H19NO4/c1-9(19-13(18)15-14(2,3)4)10-6-5-7-12(17)11(10)8-16/h5-9,17H,1-4H3,(H,15,18). The molecule has 0 saturated heterocycles. The Morgan fingerprint density at radius 3 is 2.58 bits per heavy atom. The fraction of sp³-hybridized carbons (Fsp3) is 0.429. The average Bonchev–Trinajstić information content (AvgIpc) is 2.25. The van der Waals surface area contributed by atoms with Gasteiger partial charge in [-0.05, 0) is 33.8 Å². The van der Waals surface area contributed by atoms with E-state index in [4.69, 9.17) is 4.74 Å². The van der Waals surface area contributed by atoms with E-state index in [1.807, 2.05) is 20.8 Å². The van der Waals surface area contributed by atoms with E-state index in [0.717, 1.165) is 0 Å². The molecule has 0 heterocycles. The summed E-state index contributed by atoms with van der Waals surface area (Å²) < 4.78 is 5.19. The third-order valence-electron chi connectivity index (χ3n) is 2.43. The molecule has 0 aliphatic carbocycles. The second-order valence-electron chi connectivity index (χ2n) is 5.32. The highest BCUT2D eigenvalue weighted by molar-refractivity contribution is 5.82. The summed E-state index contributed by atoms with van der Waals surface area (Å²) in [5, 5.41) is 12.2. The van der Waals surface area contributed by atoms with E-state index < -0.39 is 17.7 Å². The van der Waals surface area contributed by atoms with E-state index in [9.17, 15) is 14.7 Å². The van der Waals surface area contributed by atoms with Crippen molar-refractivity contribution in [2.45, 2.75) is 39.3 Å². The van der Waals surface area contributed by atoms with Gasteiger partial charge in [-0.2, -0.15) is 0 Å². The van der Waals surface area contributed by atoms with Gasteiger partial charge in [-0.3, -0.25) is 4.79 Å². The predicted octanol–water partition coefficient (Wildman–Crippen LogP) is 2.79. The number of aldehydes is 1. The molecule has 1 aromatic rings. The van der Waals surface area contributed by atoms with Crippen LogP contribution in [-0.2, 0) is 4.74 Å². The molecule has 0 aromatic heterocycles. The molecular formula is C14H19NO4. The molecule has 0 spiro atoms. The van der Waals surface area contributed by atoms with Crippen molar-refractivity contribution in [3.05, 3.63) is 29.3 Å². The summed E-state index contributed by atoms with van der Waals surface area (Å²) in [6, 6.07) is 4.65. The molecule has 1 rings (SSSR count). The summed E-state index contributed by atoms with van der Waals surface area (Å²) in [4.78, 5) is 22.6. The minimum Gasteiger partial charge on any atom is -0.507 e. The summed E-state index contributed by atoms with van der Waals surface area (Å²) in [6.07, 6.45) is -0.651. The second-order valence-corrected chi connectivity index (χ2v) is 5.32. The highest BCUT2D eigenvalue weighted by atomic mass is 16.6. The van der Waals surface area contributed by atoms with Crippen LogP contribution < -0.4 is 5.32 Å². The van der Waals surface area contributed by atoms with Crippen molar-refractivity contribution in [2.75, 3.05) is 0 Å². The number of benzene rings is 1. The Bertz CT molecular complexity index is 477. The zero-order valence-corrected chi connectivity index (χ0v) is 11.6. The Hall–Kier alpha value is -2.04. The number of hydrogen-bond acceptors (Lipinski definition) is 4. The van der Waals surface area contributed by atoms with Crippen LogP contribution in [0.3, 0.4) is 0 Å². The normalized spacial score (nSPS) is 12.6. The average molecular weight is 265 g/mol. The minimum absolute atomic E-state index is 0.126. The first-order chi connectivity index (χ1) is 8.74. The maximum absolute atomic E-state index is 11.6. The molecular weight excluding hydrogens is 246 g/mol. The lowest BCUT2D eigenvalue weighted by Crippen LogP contribution is -2.41. The van der Waals surface area contributed by atoms with E-state index in [1.165, 1.54) is 6.07 Å². The van der Waals surface area contributed by atoms with Gasteiger partial charge in [0, 0.05) is 11.1 Å². The molecule has 1 atom stereocenters. The highest BCUT2D eigenvalue weighted by Gasteiger charge is 2.20. The van der Waals surface area contributed by atoms with Gasteiger partial charge in [0.2, 0.25) is 0 Å². The molecule has 1 aromatic carbocycles. The van der Waals surface area contributed by atoms with Gasteiger partial charge in [-0.1, -0.05) is 12.1 Å². The molecule has 5 nitrogen and oxygen atoms in total. The van der Waals surface area contributed by atoms with Crippen LogP contribution in [0.5, 0.6) is 5.75 Å². The van der Waals surface area contributed by atoms with Gasteiger partial charge in [0.25, 0.3) is 0 Å². The fourth-order valence-corrected chi connectivity index (χ4v) is 1.61. The molecule has 0 aliphatic heterocycles. The molecule has 1 amide bonds. The van der Waals surface area contributed by atoms with Crippen molar-refractivity contribution in [3.8, 4) is 5.75 Å². The highest BCUT2D eigenvalue weighted by Crippen LogP contribution is 2.26. The molecule has 0 radical (unpaired) electrons. The number of phenolic OH excluding ortho intramolecular Hbond substituents is 1. The number of aromatic hydroxyl groups is 1. The lowest BCUT2D eigenvalue weighted by molar-refractivity contribution is 0.0976. The molecule has 19 heavy (non-hydrogen) atoms. The molecule has 0 bridgehead atoms. The summed E-state index contributed by atoms with van der Waals surface area (Å²) in [5.41, 5.74) is 0.209. The lowest BCUT2D eigenvalue weighted by atomic mass is 10.0. The fourth-order valence-electron chi connectivity index (χ4n) is 1.61. The molecule has 2 N–H and O–H groups in total. The largest absolute Gasteiger partial charge is 0.507 e. The Morgan fingerprint density at radius 2 is 2.05 bits per heavy atom. The summed E-state index contributed by atoms with van der Waals surface area (Å²) in [5.74, 6) is -0.126. The van der Waals surface area contributed by atoms with Gasteiger partial charge in [0.05, 0.1) is 5.56 Å². The van der Waals surface area contributed by atoms with Crippen LogP contribution in [0, 0.1) is 0 Å². The van der Waals surface area contributed by atoms with Crippen molar-refractivity contribution in [1.82, 2.24) is 5.32 Å². The number of rotatable bonds is 3. The number of ether oxygens (including phenoxy) is 1. The number of hydrogen-bond donors (Lipinski definition) is 2. The predicted molar refractivity (Wildman–Crippen MR) is 71.3 cm³/mol. The molecule has 104 valence electrons. The third kappa shape index (κ3) is 4.28. The van der Waals surface area contributed by atoms with Crippen LogP contribution in [0.25, 0.3) is 0 Å². The maximum atomic E-state index is 11.6. The molecule has 0 saturated carbocycles. The van der Waals surface area contributed by atoms with E-state index >= 15 is 0 Å². The van der Waals surface area contributed by atoms with Gasteiger partial charge < -0.3 is 15.2 Å². The van der Waals surface area contributed by atoms with Crippen molar-refractivity contribution < 1.29 is 19.4 Å². The quantitative estimate of drug-likeness (QED) is 0.824. The van der Waals surface area contributed by atoms with Gasteiger partial charge >= 0.3 is 6.09 Å². The summed E-state index contributed by atoms with van der Waals surface area (Å²) in [7, 11) is 0.